The second-order valence-corrected chi connectivity index (χ2v) is 5.63. The van der Waals surface area contributed by atoms with E-state index in [0.717, 1.165) is 12.1 Å². The van der Waals surface area contributed by atoms with E-state index in [0.29, 0.717) is 16.3 Å². The van der Waals surface area contributed by atoms with Gasteiger partial charge >= 0.3 is 0 Å². The highest BCUT2D eigenvalue weighted by Crippen LogP contribution is 2.33. The van der Waals surface area contributed by atoms with Gasteiger partial charge in [0.2, 0.25) is 0 Å². The Morgan fingerprint density at radius 2 is 1.95 bits per heavy atom. The van der Waals surface area contributed by atoms with Crippen molar-refractivity contribution in [3.63, 3.8) is 0 Å². The molecule has 2 nitrogen and oxygen atoms in total. The number of benzene rings is 2. The van der Waals surface area contributed by atoms with Crippen LogP contribution in [-0.4, -0.2) is 4.99 Å². The third-order valence-electron chi connectivity index (χ3n) is 2.52. The van der Waals surface area contributed by atoms with Crippen molar-refractivity contribution in [2.75, 3.05) is 5.32 Å². The molecule has 3 N–H and O–H groups in total. The lowest BCUT2D eigenvalue weighted by Gasteiger charge is -2.12. The van der Waals surface area contributed by atoms with Crippen molar-refractivity contribution in [3.05, 3.63) is 57.0 Å². The maximum absolute atomic E-state index is 13.7. The smallest absolute Gasteiger partial charge is 0.150 e. The monoisotopic (exact) mass is 376 g/mol. The second-order valence-electron chi connectivity index (χ2n) is 3.93. The summed E-state index contributed by atoms with van der Waals surface area (Å²) in [6, 6.07) is 6.78. The number of anilines is 2. The fraction of sp³-hybridized carbons (Fsp3) is 0. The average Bonchev–Trinajstić information content (AvgIpc) is 2.34. The Hall–Kier alpha value is -1.24. The van der Waals surface area contributed by atoms with Gasteiger partial charge in [-0.15, -0.1) is 0 Å². The molecule has 0 unspecified atom stereocenters. The highest BCUT2D eigenvalue weighted by atomic mass is 79.9. The molecule has 0 saturated heterocycles. The lowest BCUT2D eigenvalue weighted by molar-refractivity contribution is 0.584. The van der Waals surface area contributed by atoms with Crippen LogP contribution in [-0.2, 0) is 0 Å². The first-order valence-electron chi connectivity index (χ1n) is 5.39. The predicted molar refractivity (Wildman–Crippen MR) is 84.7 cm³/mol. The Morgan fingerprint density at radius 3 is 2.50 bits per heavy atom. The van der Waals surface area contributed by atoms with Gasteiger partial charge in [-0.3, -0.25) is 0 Å². The standard InChI is InChI=1S/C13H8BrClF2N2S/c14-8-4-7(16)5-10(17)12(8)19-11-2-1-6(13(18)20)3-9(11)15/h1-5,19H,(H2,18,20). The Bertz CT molecular complexity index is 671. The number of hydrogen-bond donors (Lipinski definition) is 2. The SMILES string of the molecule is NC(=S)c1ccc(Nc2c(F)cc(F)cc2Br)c(Cl)c1. The summed E-state index contributed by atoms with van der Waals surface area (Å²) < 4.78 is 27.0. The minimum atomic E-state index is -0.730. The zero-order valence-electron chi connectivity index (χ0n) is 9.88. The highest BCUT2D eigenvalue weighted by Gasteiger charge is 2.12. The Kier molecular flexibility index (Phi) is 4.57. The van der Waals surface area contributed by atoms with Crippen LogP contribution in [0.1, 0.15) is 5.56 Å². The number of nitrogens with two attached hydrogens (primary N) is 1. The van der Waals surface area contributed by atoms with Crippen LogP contribution in [0.15, 0.2) is 34.8 Å². The van der Waals surface area contributed by atoms with E-state index in [2.05, 4.69) is 21.2 Å². The molecule has 2 rings (SSSR count). The van der Waals surface area contributed by atoms with E-state index in [4.69, 9.17) is 29.6 Å². The van der Waals surface area contributed by atoms with Crippen LogP contribution < -0.4 is 11.1 Å². The third kappa shape index (κ3) is 3.26. The van der Waals surface area contributed by atoms with E-state index in [9.17, 15) is 8.78 Å². The molecule has 0 aliphatic rings. The van der Waals surface area contributed by atoms with E-state index >= 15 is 0 Å². The van der Waals surface area contributed by atoms with Gasteiger partial charge in [0, 0.05) is 16.1 Å². The zero-order chi connectivity index (χ0) is 14.9. The quantitative estimate of drug-likeness (QED) is 0.758. The van der Waals surface area contributed by atoms with Crippen LogP contribution >= 0.6 is 39.7 Å². The first-order valence-corrected chi connectivity index (χ1v) is 6.97. The summed E-state index contributed by atoms with van der Waals surface area (Å²) in [5.41, 5.74) is 6.65. The van der Waals surface area contributed by atoms with Gasteiger partial charge in [-0.1, -0.05) is 23.8 Å². The summed E-state index contributed by atoms with van der Waals surface area (Å²) in [6.07, 6.45) is 0. The van der Waals surface area contributed by atoms with Gasteiger partial charge in [0.15, 0.2) is 5.82 Å². The minimum absolute atomic E-state index is 0.0939. The molecule has 0 spiro atoms. The van der Waals surface area contributed by atoms with Crippen molar-refractivity contribution < 1.29 is 8.78 Å². The van der Waals surface area contributed by atoms with Crippen LogP contribution in [0, 0.1) is 11.6 Å². The molecule has 0 heterocycles. The first kappa shape index (κ1) is 15.2. The van der Waals surface area contributed by atoms with Gasteiger partial charge in [-0.05, 0) is 40.2 Å². The molecule has 0 radical (unpaired) electrons. The van der Waals surface area contributed by atoms with Crippen molar-refractivity contribution in [2.24, 2.45) is 5.73 Å². The normalized spacial score (nSPS) is 10.4. The number of halogens is 4. The molecule has 20 heavy (non-hydrogen) atoms. The highest BCUT2D eigenvalue weighted by molar-refractivity contribution is 9.10. The van der Waals surface area contributed by atoms with Crippen molar-refractivity contribution in [2.45, 2.75) is 0 Å². The molecule has 0 aliphatic heterocycles. The zero-order valence-corrected chi connectivity index (χ0v) is 13.0. The number of hydrogen-bond acceptors (Lipinski definition) is 2. The van der Waals surface area contributed by atoms with Gasteiger partial charge in [-0.25, -0.2) is 8.78 Å². The van der Waals surface area contributed by atoms with Gasteiger partial charge in [-0.2, -0.15) is 0 Å². The van der Waals surface area contributed by atoms with Crippen molar-refractivity contribution in [1.29, 1.82) is 0 Å². The molecule has 0 amide bonds. The van der Waals surface area contributed by atoms with E-state index in [1.54, 1.807) is 18.2 Å². The summed E-state index contributed by atoms with van der Waals surface area (Å²) in [4.78, 5) is 0.215. The average molecular weight is 378 g/mol. The molecule has 0 aromatic heterocycles. The topological polar surface area (TPSA) is 38.0 Å². The molecular formula is C13H8BrClF2N2S. The fourth-order valence-corrected chi connectivity index (χ4v) is 2.43. The van der Waals surface area contributed by atoms with Crippen molar-refractivity contribution >= 4 is 56.1 Å². The minimum Gasteiger partial charge on any atom is -0.389 e. The predicted octanol–water partition coefficient (Wildman–Crippen LogP) is 4.76. The first-order chi connectivity index (χ1) is 9.38. The molecule has 7 heteroatoms. The molecule has 0 saturated carbocycles. The van der Waals surface area contributed by atoms with Crippen molar-refractivity contribution in [1.82, 2.24) is 0 Å². The van der Waals surface area contributed by atoms with Gasteiger partial charge < -0.3 is 11.1 Å². The summed E-state index contributed by atoms with van der Waals surface area (Å²) >= 11 is 14.0. The van der Waals surface area contributed by atoms with Gasteiger partial charge in [0.1, 0.15) is 10.8 Å². The lowest BCUT2D eigenvalue weighted by atomic mass is 10.2. The maximum atomic E-state index is 13.7. The summed E-state index contributed by atoms with van der Waals surface area (Å²) in [5, 5.41) is 3.12. The summed E-state index contributed by atoms with van der Waals surface area (Å²) in [6.45, 7) is 0. The van der Waals surface area contributed by atoms with Gasteiger partial charge in [0.25, 0.3) is 0 Å². The van der Waals surface area contributed by atoms with Crippen LogP contribution in [0.2, 0.25) is 5.02 Å². The maximum Gasteiger partial charge on any atom is 0.150 e. The van der Waals surface area contributed by atoms with Crippen LogP contribution in [0.4, 0.5) is 20.2 Å². The largest absolute Gasteiger partial charge is 0.389 e. The van der Waals surface area contributed by atoms with Crippen LogP contribution in [0.25, 0.3) is 0 Å². The molecule has 2 aromatic rings. The van der Waals surface area contributed by atoms with Crippen molar-refractivity contribution in [3.8, 4) is 0 Å². The molecule has 2 aromatic carbocycles. The number of thiocarbonyl (C=S) groups is 1. The summed E-state index contributed by atoms with van der Waals surface area (Å²) in [5.74, 6) is -1.40. The molecule has 104 valence electrons. The number of rotatable bonds is 3. The molecule has 0 atom stereocenters. The molecule has 0 bridgehead atoms. The molecular weight excluding hydrogens is 370 g/mol. The van der Waals surface area contributed by atoms with E-state index in [-0.39, 0.29) is 15.1 Å². The van der Waals surface area contributed by atoms with E-state index < -0.39 is 11.6 Å². The van der Waals surface area contributed by atoms with Crippen LogP contribution in [0.5, 0.6) is 0 Å². The Morgan fingerprint density at radius 1 is 1.25 bits per heavy atom. The number of nitrogens with one attached hydrogen (secondary N) is 1. The molecule has 0 aliphatic carbocycles. The van der Waals surface area contributed by atoms with Gasteiger partial charge in [0.05, 0.1) is 16.4 Å². The Labute approximate surface area is 133 Å². The van der Waals surface area contributed by atoms with E-state index in [1.807, 2.05) is 0 Å². The molecule has 0 fully saturated rings. The lowest BCUT2D eigenvalue weighted by Crippen LogP contribution is -2.09. The third-order valence-corrected chi connectivity index (χ3v) is 3.69. The fourth-order valence-electron chi connectivity index (χ4n) is 1.57. The van der Waals surface area contributed by atoms with Crippen LogP contribution in [0.3, 0.4) is 0 Å². The van der Waals surface area contributed by atoms with E-state index in [1.165, 1.54) is 0 Å². The summed E-state index contributed by atoms with van der Waals surface area (Å²) in [7, 11) is 0. The second kappa shape index (κ2) is 6.03. The Balaban J connectivity index is 2.38.